The maximum atomic E-state index is 9.61. The van der Waals surface area contributed by atoms with Gasteiger partial charge in [0, 0.05) is 39.8 Å². The minimum atomic E-state index is -0.111. The summed E-state index contributed by atoms with van der Waals surface area (Å²) in [4.78, 5) is 6.70. The molecule has 1 aliphatic heterocycles. The van der Waals surface area contributed by atoms with Gasteiger partial charge in [0.05, 0.1) is 6.10 Å². The summed E-state index contributed by atoms with van der Waals surface area (Å²) in [6.45, 7) is 4.41. The first-order valence-electron chi connectivity index (χ1n) is 9.69. The standard InChI is InChI=1S/C22H30N4O/c1-23-22(24-15-18-5-3-2-4-6-18)25-16-19-7-9-20(10-8-19)17-26-13-11-21(27)12-14-26/h2-10,21,27H,11-17H2,1H3,(H2,23,24,25). The lowest BCUT2D eigenvalue weighted by Gasteiger charge is -2.29. The molecule has 5 heteroatoms. The second kappa shape index (κ2) is 10.1. The largest absolute Gasteiger partial charge is 0.393 e. The van der Waals surface area contributed by atoms with E-state index in [0.29, 0.717) is 0 Å². The van der Waals surface area contributed by atoms with Gasteiger partial charge in [0.2, 0.25) is 0 Å². The van der Waals surface area contributed by atoms with Crippen LogP contribution in [0.1, 0.15) is 29.5 Å². The van der Waals surface area contributed by atoms with Gasteiger partial charge in [-0.3, -0.25) is 9.89 Å². The second-order valence-corrected chi connectivity index (χ2v) is 7.09. The molecule has 0 spiro atoms. The van der Waals surface area contributed by atoms with Crippen molar-refractivity contribution in [1.82, 2.24) is 15.5 Å². The summed E-state index contributed by atoms with van der Waals surface area (Å²) in [6, 6.07) is 19.0. The Hall–Kier alpha value is -2.37. The fourth-order valence-electron chi connectivity index (χ4n) is 3.29. The molecule has 0 atom stereocenters. The number of hydrogen-bond donors (Lipinski definition) is 3. The third kappa shape index (κ3) is 6.38. The van der Waals surface area contributed by atoms with Crippen LogP contribution in [0.2, 0.25) is 0 Å². The molecule has 0 saturated carbocycles. The topological polar surface area (TPSA) is 59.9 Å². The molecule has 27 heavy (non-hydrogen) atoms. The van der Waals surface area contributed by atoms with Crippen molar-refractivity contribution in [3.05, 3.63) is 71.3 Å². The molecule has 0 unspecified atom stereocenters. The highest BCUT2D eigenvalue weighted by Gasteiger charge is 2.16. The lowest BCUT2D eigenvalue weighted by atomic mass is 10.1. The van der Waals surface area contributed by atoms with E-state index < -0.39 is 0 Å². The highest BCUT2D eigenvalue weighted by molar-refractivity contribution is 5.79. The normalized spacial score (nSPS) is 16.3. The highest BCUT2D eigenvalue weighted by atomic mass is 16.3. The molecule has 2 aromatic carbocycles. The van der Waals surface area contributed by atoms with Crippen molar-refractivity contribution >= 4 is 5.96 Å². The smallest absolute Gasteiger partial charge is 0.191 e. The quantitative estimate of drug-likeness (QED) is 0.543. The van der Waals surface area contributed by atoms with Crippen LogP contribution in [0.4, 0.5) is 0 Å². The Morgan fingerprint density at radius 1 is 0.926 bits per heavy atom. The number of nitrogens with one attached hydrogen (secondary N) is 2. The molecular weight excluding hydrogens is 336 g/mol. The molecule has 2 aromatic rings. The number of aliphatic hydroxyl groups excluding tert-OH is 1. The van der Waals surface area contributed by atoms with Crippen LogP contribution in [0.3, 0.4) is 0 Å². The zero-order chi connectivity index (χ0) is 18.9. The van der Waals surface area contributed by atoms with Crippen LogP contribution in [-0.2, 0) is 19.6 Å². The maximum absolute atomic E-state index is 9.61. The zero-order valence-electron chi connectivity index (χ0n) is 16.1. The van der Waals surface area contributed by atoms with E-state index in [2.05, 4.69) is 56.9 Å². The Kier molecular flexibility index (Phi) is 7.25. The van der Waals surface area contributed by atoms with Crippen LogP contribution < -0.4 is 10.6 Å². The van der Waals surface area contributed by atoms with Gasteiger partial charge in [0.25, 0.3) is 0 Å². The Bertz CT molecular complexity index is 707. The van der Waals surface area contributed by atoms with Crippen LogP contribution in [0.5, 0.6) is 0 Å². The predicted molar refractivity (Wildman–Crippen MR) is 110 cm³/mol. The van der Waals surface area contributed by atoms with E-state index in [-0.39, 0.29) is 6.10 Å². The molecule has 3 N–H and O–H groups in total. The molecule has 0 aliphatic carbocycles. The highest BCUT2D eigenvalue weighted by Crippen LogP contribution is 2.14. The van der Waals surface area contributed by atoms with Crippen molar-refractivity contribution in [3.63, 3.8) is 0 Å². The van der Waals surface area contributed by atoms with Crippen molar-refractivity contribution < 1.29 is 5.11 Å². The minimum Gasteiger partial charge on any atom is -0.393 e. The number of piperidine rings is 1. The number of aliphatic imine (C=N–C) groups is 1. The summed E-state index contributed by atoms with van der Waals surface area (Å²) >= 11 is 0. The Labute approximate surface area is 162 Å². The molecule has 144 valence electrons. The first kappa shape index (κ1) is 19.4. The molecule has 1 heterocycles. The number of aliphatic hydroxyl groups is 1. The monoisotopic (exact) mass is 366 g/mol. The summed E-state index contributed by atoms with van der Waals surface area (Å²) in [5.74, 6) is 0.801. The summed E-state index contributed by atoms with van der Waals surface area (Å²) < 4.78 is 0. The van der Waals surface area contributed by atoms with Gasteiger partial charge in [-0.1, -0.05) is 54.6 Å². The number of hydrogen-bond acceptors (Lipinski definition) is 3. The van der Waals surface area contributed by atoms with Crippen molar-refractivity contribution in [3.8, 4) is 0 Å². The van der Waals surface area contributed by atoms with E-state index in [0.717, 1.165) is 51.5 Å². The van der Waals surface area contributed by atoms with E-state index >= 15 is 0 Å². The number of benzene rings is 2. The van der Waals surface area contributed by atoms with E-state index in [1.165, 1.54) is 16.7 Å². The van der Waals surface area contributed by atoms with Crippen molar-refractivity contribution in [2.75, 3.05) is 20.1 Å². The van der Waals surface area contributed by atoms with Gasteiger partial charge >= 0.3 is 0 Å². The molecule has 5 nitrogen and oxygen atoms in total. The third-order valence-electron chi connectivity index (χ3n) is 4.97. The summed E-state index contributed by atoms with van der Waals surface area (Å²) in [5, 5.41) is 16.3. The minimum absolute atomic E-state index is 0.111. The van der Waals surface area contributed by atoms with E-state index in [1.807, 2.05) is 18.2 Å². The molecule has 0 aromatic heterocycles. The summed E-state index contributed by atoms with van der Waals surface area (Å²) in [7, 11) is 1.79. The van der Waals surface area contributed by atoms with E-state index in [4.69, 9.17) is 0 Å². The number of likely N-dealkylation sites (tertiary alicyclic amines) is 1. The SMILES string of the molecule is CN=C(NCc1ccccc1)NCc1ccc(CN2CCC(O)CC2)cc1. The maximum Gasteiger partial charge on any atom is 0.191 e. The fourth-order valence-corrected chi connectivity index (χ4v) is 3.29. The molecule has 0 bridgehead atoms. The first-order chi connectivity index (χ1) is 13.2. The lowest BCUT2D eigenvalue weighted by molar-refractivity contribution is 0.0792. The van der Waals surface area contributed by atoms with Gasteiger partial charge in [-0.05, 0) is 29.5 Å². The van der Waals surface area contributed by atoms with Gasteiger partial charge in [-0.25, -0.2) is 0 Å². The first-order valence-corrected chi connectivity index (χ1v) is 9.69. The summed E-state index contributed by atoms with van der Waals surface area (Å²) in [6.07, 6.45) is 1.66. The molecule has 3 rings (SSSR count). The molecule has 1 fully saturated rings. The average molecular weight is 367 g/mol. The van der Waals surface area contributed by atoms with E-state index in [1.54, 1.807) is 7.05 Å². The zero-order valence-corrected chi connectivity index (χ0v) is 16.1. The van der Waals surface area contributed by atoms with Gasteiger partial charge in [-0.15, -0.1) is 0 Å². The van der Waals surface area contributed by atoms with Gasteiger partial charge in [-0.2, -0.15) is 0 Å². The summed E-state index contributed by atoms with van der Waals surface area (Å²) in [5.41, 5.74) is 3.78. The fraction of sp³-hybridized carbons (Fsp3) is 0.409. The Morgan fingerprint density at radius 2 is 1.48 bits per heavy atom. The van der Waals surface area contributed by atoms with Crippen molar-refractivity contribution in [2.45, 2.75) is 38.6 Å². The molecule has 0 amide bonds. The number of rotatable bonds is 6. The molecule has 1 saturated heterocycles. The van der Waals surface area contributed by atoms with Crippen molar-refractivity contribution in [1.29, 1.82) is 0 Å². The molecule has 1 aliphatic rings. The number of nitrogens with zero attached hydrogens (tertiary/aromatic N) is 2. The lowest BCUT2D eigenvalue weighted by Crippen LogP contribution is -2.36. The van der Waals surface area contributed by atoms with Gasteiger partial charge in [0.15, 0.2) is 5.96 Å². The van der Waals surface area contributed by atoms with E-state index in [9.17, 15) is 5.11 Å². The Morgan fingerprint density at radius 3 is 2.07 bits per heavy atom. The second-order valence-electron chi connectivity index (χ2n) is 7.09. The molecule has 0 radical (unpaired) electrons. The third-order valence-corrected chi connectivity index (χ3v) is 4.97. The van der Waals surface area contributed by atoms with Crippen LogP contribution in [-0.4, -0.2) is 42.2 Å². The van der Waals surface area contributed by atoms with Gasteiger partial charge < -0.3 is 15.7 Å². The van der Waals surface area contributed by atoms with Crippen LogP contribution in [0.15, 0.2) is 59.6 Å². The van der Waals surface area contributed by atoms with Crippen molar-refractivity contribution in [2.24, 2.45) is 4.99 Å². The predicted octanol–water partition coefficient (Wildman–Crippen LogP) is 2.51. The van der Waals surface area contributed by atoms with Crippen LogP contribution >= 0.6 is 0 Å². The molecular formula is C22H30N4O. The number of guanidine groups is 1. The Balaban J connectivity index is 1.43. The van der Waals surface area contributed by atoms with Crippen LogP contribution in [0.25, 0.3) is 0 Å². The van der Waals surface area contributed by atoms with Gasteiger partial charge in [0.1, 0.15) is 0 Å². The van der Waals surface area contributed by atoms with Crippen LogP contribution in [0, 0.1) is 0 Å². The average Bonchev–Trinajstić information content (AvgIpc) is 2.72.